The summed E-state index contributed by atoms with van der Waals surface area (Å²) in [5, 5.41) is 2.75. The van der Waals surface area contributed by atoms with Crippen LogP contribution in [0.5, 0.6) is 0 Å². The number of piperidine rings is 1. The molecule has 154 valence electrons. The smallest absolute Gasteiger partial charge is 0.232 e. The first-order valence-electron chi connectivity index (χ1n) is 9.55. The highest BCUT2D eigenvalue weighted by molar-refractivity contribution is 8.00. The van der Waals surface area contributed by atoms with Crippen LogP contribution in [0.4, 0.5) is 8.78 Å². The van der Waals surface area contributed by atoms with Gasteiger partial charge in [0.2, 0.25) is 11.8 Å². The maximum Gasteiger partial charge on any atom is 0.232 e. The summed E-state index contributed by atoms with van der Waals surface area (Å²) in [6, 6.07) is 13.1. The van der Waals surface area contributed by atoms with Gasteiger partial charge in [-0.15, -0.1) is 11.8 Å². The van der Waals surface area contributed by atoms with Gasteiger partial charge >= 0.3 is 0 Å². The second-order valence-corrected chi connectivity index (χ2v) is 8.51. The van der Waals surface area contributed by atoms with Crippen molar-refractivity contribution in [2.45, 2.75) is 31.2 Å². The van der Waals surface area contributed by atoms with Crippen LogP contribution in [0.3, 0.4) is 0 Å². The van der Waals surface area contributed by atoms with E-state index in [9.17, 15) is 18.4 Å². The fraction of sp³-hybridized carbons (Fsp3) is 0.364. The van der Waals surface area contributed by atoms with Gasteiger partial charge in [-0.2, -0.15) is 0 Å². The number of hydrogen-bond donors (Lipinski definition) is 1. The maximum atomic E-state index is 13.7. The van der Waals surface area contributed by atoms with Gasteiger partial charge in [0.05, 0.1) is 5.75 Å². The molecular weight excluding hydrogens is 394 g/mol. The molecule has 0 bridgehead atoms. The maximum absolute atomic E-state index is 13.7. The summed E-state index contributed by atoms with van der Waals surface area (Å²) in [5.41, 5.74) is -0.367. The Hall–Kier alpha value is -2.41. The molecule has 2 amide bonds. The van der Waals surface area contributed by atoms with Gasteiger partial charge in [0.1, 0.15) is 11.6 Å². The first-order valence-corrected chi connectivity index (χ1v) is 10.5. The van der Waals surface area contributed by atoms with Crippen molar-refractivity contribution in [2.75, 3.05) is 18.8 Å². The molecule has 2 aromatic carbocycles. The number of carbonyl (C=O) groups excluding carboxylic acids is 2. The number of carbonyl (C=O) groups is 2. The van der Waals surface area contributed by atoms with Gasteiger partial charge < -0.3 is 10.2 Å². The summed E-state index contributed by atoms with van der Waals surface area (Å²) in [7, 11) is 0. The van der Waals surface area contributed by atoms with Crippen molar-refractivity contribution in [1.82, 2.24) is 10.2 Å². The third-order valence-corrected chi connectivity index (χ3v) is 6.32. The fourth-order valence-corrected chi connectivity index (χ4v) is 4.11. The summed E-state index contributed by atoms with van der Waals surface area (Å²) in [4.78, 5) is 28.0. The standard InChI is InChI=1S/C22H24F2N2O2S/c1-22(21(28)25-14-16-7-8-17(23)13-19(16)24)9-11-26(12-10-22)20(27)15-29-18-5-3-2-4-6-18/h2-8,13H,9-12,14-15H2,1H3,(H,25,28). The topological polar surface area (TPSA) is 49.4 Å². The summed E-state index contributed by atoms with van der Waals surface area (Å²) >= 11 is 1.50. The SMILES string of the molecule is CC1(C(=O)NCc2ccc(F)cc2F)CCN(C(=O)CSc2ccccc2)CC1. The minimum atomic E-state index is -0.674. The number of amides is 2. The van der Waals surface area contributed by atoms with Crippen molar-refractivity contribution in [3.8, 4) is 0 Å². The van der Waals surface area contributed by atoms with Crippen molar-refractivity contribution in [3.63, 3.8) is 0 Å². The van der Waals surface area contributed by atoms with Crippen LogP contribution in [0.25, 0.3) is 0 Å². The number of hydrogen-bond acceptors (Lipinski definition) is 3. The van der Waals surface area contributed by atoms with Gasteiger partial charge in [-0.05, 0) is 31.0 Å². The van der Waals surface area contributed by atoms with Crippen LogP contribution < -0.4 is 5.32 Å². The van der Waals surface area contributed by atoms with Crippen LogP contribution >= 0.6 is 11.8 Å². The van der Waals surface area contributed by atoms with Gasteiger partial charge in [-0.25, -0.2) is 8.78 Å². The van der Waals surface area contributed by atoms with Crippen LogP contribution in [0, 0.1) is 17.0 Å². The molecule has 7 heteroatoms. The molecule has 1 fully saturated rings. The van der Waals surface area contributed by atoms with E-state index in [1.165, 1.54) is 23.9 Å². The van der Waals surface area contributed by atoms with Gasteiger partial charge in [0, 0.05) is 41.6 Å². The third-order valence-electron chi connectivity index (χ3n) is 5.33. The molecule has 1 saturated heterocycles. The summed E-state index contributed by atoms with van der Waals surface area (Å²) in [6.45, 7) is 2.91. The van der Waals surface area contributed by atoms with E-state index < -0.39 is 17.0 Å². The number of nitrogens with one attached hydrogen (secondary N) is 1. The van der Waals surface area contributed by atoms with Crippen LogP contribution in [-0.4, -0.2) is 35.6 Å². The number of thioether (sulfide) groups is 1. The molecule has 0 aliphatic carbocycles. The Labute approximate surface area is 173 Å². The normalized spacial score (nSPS) is 15.8. The highest BCUT2D eigenvalue weighted by atomic mass is 32.2. The predicted octanol–water partition coefficient (Wildman–Crippen LogP) is 4.00. The van der Waals surface area contributed by atoms with Gasteiger partial charge in [-0.1, -0.05) is 31.2 Å². The lowest BCUT2D eigenvalue weighted by Crippen LogP contribution is -2.49. The fourth-order valence-electron chi connectivity index (χ4n) is 3.28. The molecule has 4 nitrogen and oxygen atoms in total. The highest BCUT2D eigenvalue weighted by Gasteiger charge is 2.37. The lowest BCUT2D eigenvalue weighted by atomic mass is 9.79. The first-order chi connectivity index (χ1) is 13.9. The molecule has 1 heterocycles. The molecule has 2 aromatic rings. The summed E-state index contributed by atoms with van der Waals surface area (Å²) in [6.07, 6.45) is 1.10. The Balaban J connectivity index is 1.47. The zero-order chi connectivity index (χ0) is 20.9. The molecule has 0 atom stereocenters. The monoisotopic (exact) mass is 418 g/mol. The molecule has 3 rings (SSSR count). The van der Waals surface area contributed by atoms with E-state index in [0.717, 1.165) is 11.0 Å². The minimum Gasteiger partial charge on any atom is -0.351 e. The van der Waals surface area contributed by atoms with Gasteiger partial charge in [-0.3, -0.25) is 9.59 Å². The Bertz CT molecular complexity index is 868. The summed E-state index contributed by atoms with van der Waals surface area (Å²) < 4.78 is 26.7. The average Bonchev–Trinajstić information content (AvgIpc) is 2.72. The molecular formula is C22H24F2N2O2S. The van der Waals surface area contributed by atoms with Crippen molar-refractivity contribution in [2.24, 2.45) is 5.41 Å². The van der Waals surface area contributed by atoms with E-state index in [1.54, 1.807) is 4.90 Å². The lowest BCUT2D eigenvalue weighted by molar-refractivity contribution is -0.138. The second-order valence-electron chi connectivity index (χ2n) is 7.46. The molecule has 1 aliphatic rings. The Morgan fingerprint density at radius 3 is 2.45 bits per heavy atom. The molecule has 0 saturated carbocycles. The predicted molar refractivity (Wildman–Crippen MR) is 109 cm³/mol. The van der Waals surface area contributed by atoms with E-state index in [1.807, 2.05) is 37.3 Å². The average molecular weight is 419 g/mol. The second kappa shape index (κ2) is 9.39. The van der Waals surface area contributed by atoms with Crippen molar-refractivity contribution in [3.05, 3.63) is 65.7 Å². The molecule has 1 aliphatic heterocycles. The number of nitrogens with zero attached hydrogens (tertiary/aromatic N) is 1. The molecule has 0 aromatic heterocycles. The Morgan fingerprint density at radius 1 is 1.10 bits per heavy atom. The van der Waals surface area contributed by atoms with Crippen LogP contribution in [0.1, 0.15) is 25.3 Å². The third kappa shape index (κ3) is 5.56. The van der Waals surface area contributed by atoms with Crippen molar-refractivity contribution < 1.29 is 18.4 Å². The Morgan fingerprint density at radius 2 is 1.79 bits per heavy atom. The number of rotatable bonds is 6. The van der Waals surface area contributed by atoms with E-state index in [4.69, 9.17) is 0 Å². The van der Waals surface area contributed by atoms with E-state index in [0.29, 0.717) is 31.7 Å². The number of halogens is 2. The molecule has 1 N–H and O–H groups in total. The molecule has 29 heavy (non-hydrogen) atoms. The quantitative estimate of drug-likeness (QED) is 0.722. The van der Waals surface area contributed by atoms with Gasteiger partial charge in [0.15, 0.2) is 0 Å². The van der Waals surface area contributed by atoms with E-state index >= 15 is 0 Å². The van der Waals surface area contributed by atoms with E-state index in [-0.39, 0.29) is 23.9 Å². The van der Waals surface area contributed by atoms with Crippen LogP contribution in [-0.2, 0) is 16.1 Å². The number of likely N-dealkylation sites (tertiary alicyclic amines) is 1. The zero-order valence-electron chi connectivity index (χ0n) is 16.3. The zero-order valence-corrected chi connectivity index (χ0v) is 17.1. The summed E-state index contributed by atoms with van der Waals surface area (Å²) in [5.74, 6) is -1.06. The molecule has 0 spiro atoms. The lowest BCUT2D eigenvalue weighted by Gasteiger charge is -2.38. The van der Waals surface area contributed by atoms with Crippen LogP contribution in [0.15, 0.2) is 53.4 Å². The van der Waals surface area contributed by atoms with Crippen LogP contribution in [0.2, 0.25) is 0 Å². The number of benzene rings is 2. The van der Waals surface area contributed by atoms with Gasteiger partial charge in [0.25, 0.3) is 0 Å². The largest absolute Gasteiger partial charge is 0.351 e. The highest BCUT2D eigenvalue weighted by Crippen LogP contribution is 2.32. The first kappa shape index (κ1) is 21.3. The molecule has 0 unspecified atom stereocenters. The van der Waals surface area contributed by atoms with Crippen molar-refractivity contribution in [1.29, 1.82) is 0 Å². The van der Waals surface area contributed by atoms with E-state index in [2.05, 4.69) is 5.32 Å². The Kier molecular flexibility index (Phi) is 6.90. The minimum absolute atomic E-state index is 0.0108. The molecule has 0 radical (unpaired) electrons. The van der Waals surface area contributed by atoms with Crippen molar-refractivity contribution >= 4 is 23.6 Å².